The maximum Gasteiger partial charge on any atom is 0.0774 e. The van der Waals surface area contributed by atoms with E-state index in [1.807, 2.05) is 6.92 Å². The van der Waals surface area contributed by atoms with Crippen LogP contribution in [0.1, 0.15) is 19.8 Å². The number of aliphatic hydroxyl groups excluding tert-OH is 2. The van der Waals surface area contributed by atoms with E-state index in [0.29, 0.717) is 12.8 Å². The van der Waals surface area contributed by atoms with Gasteiger partial charge in [-0.05, 0) is 24.3 Å². The molecular formula is C8H14O2. The van der Waals surface area contributed by atoms with Crippen LogP contribution in [0.3, 0.4) is 0 Å². The zero-order valence-electron chi connectivity index (χ0n) is 6.25. The Morgan fingerprint density at radius 3 is 2.60 bits per heavy atom. The van der Waals surface area contributed by atoms with Gasteiger partial charge in [-0.25, -0.2) is 0 Å². The van der Waals surface area contributed by atoms with Gasteiger partial charge in [0.15, 0.2) is 0 Å². The fourth-order valence-electron chi connectivity index (χ4n) is 1.47. The van der Waals surface area contributed by atoms with Crippen molar-refractivity contribution in [2.24, 2.45) is 5.92 Å². The molecule has 0 aromatic carbocycles. The molecule has 0 bridgehead atoms. The molecule has 0 amide bonds. The summed E-state index contributed by atoms with van der Waals surface area (Å²) in [5.41, 5.74) is 0.770. The van der Waals surface area contributed by atoms with E-state index in [2.05, 4.69) is 6.58 Å². The Labute approximate surface area is 61.2 Å². The smallest absolute Gasteiger partial charge is 0.0774 e. The molecule has 1 saturated carbocycles. The molecule has 0 radical (unpaired) electrons. The Kier molecular flexibility index (Phi) is 2.11. The Morgan fingerprint density at radius 2 is 2.10 bits per heavy atom. The average Bonchev–Trinajstić information content (AvgIpc) is 1.82. The normalized spacial score (nSPS) is 41.9. The number of hydrogen-bond donors (Lipinski definition) is 2. The minimum Gasteiger partial charge on any atom is -0.393 e. The Bertz CT molecular complexity index is 142. The molecule has 2 nitrogen and oxygen atoms in total. The SMILES string of the molecule is C=C1C[C@H](O)C[C@@H](C)[C@@H]1O. The highest BCUT2D eigenvalue weighted by molar-refractivity contribution is 5.08. The molecule has 0 spiro atoms. The first-order chi connectivity index (χ1) is 4.61. The van der Waals surface area contributed by atoms with Gasteiger partial charge in [0.05, 0.1) is 12.2 Å². The quantitative estimate of drug-likeness (QED) is 0.489. The molecule has 0 unspecified atom stereocenters. The monoisotopic (exact) mass is 142 g/mol. The topological polar surface area (TPSA) is 40.5 Å². The zero-order chi connectivity index (χ0) is 7.72. The van der Waals surface area contributed by atoms with Crippen LogP contribution in [0.15, 0.2) is 12.2 Å². The molecule has 10 heavy (non-hydrogen) atoms. The van der Waals surface area contributed by atoms with Gasteiger partial charge in [-0.3, -0.25) is 0 Å². The van der Waals surface area contributed by atoms with Gasteiger partial charge in [0.1, 0.15) is 0 Å². The summed E-state index contributed by atoms with van der Waals surface area (Å²) in [4.78, 5) is 0. The van der Waals surface area contributed by atoms with Crippen molar-refractivity contribution in [3.8, 4) is 0 Å². The molecule has 1 rings (SSSR count). The van der Waals surface area contributed by atoms with Gasteiger partial charge in [0.25, 0.3) is 0 Å². The van der Waals surface area contributed by atoms with Crippen molar-refractivity contribution in [2.75, 3.05) is 0 Å². The van der Waals surface area contributed by atoms with Gasteiger partial charge in [-0.2, -0.15) is 0 Å². The van der Waals surface area contributed by atoms with E-state index in [-0.39, 0.29) is 12.0 Å². The minimum atomic E-state index is -0.400. The summed E-state index contributed by atoms with van der Waals surface area (Å²) in [5, 5.41) is 18.5. The lowest BCUT2D eigenvalue weighted by Crippen LogP contribution is -2.31. The first-order valence-electron chi connectivity index (χ1n) is 3.65. The van der Waals surface area contributed by atoms with Gasteiger partial charge in [0, 0.05) is 0 Å². The van der Waals surface area contributed by atoms with Gasteiger partial charge in [-0.15, -0.1) is 0 Å². The lowest BCUT2D eigenvalue weighted by molar-refractivity contribution is 0.0531. The van der Waals surface area contributed by atoms with Crippen molar-refractivity contribution >= 4 is 0 Å². The van der Waals surface area contributed by atoms with E-state index in [1.54, 1.807) is 0 Å². The van der Waals surface area contributed by atoms with Crippen LogP contribution in [0.2, 0.25) is 0 Å². The van der Waals surface area contributed by atoms with Gasteiger partial charge < -0.3 is 10.2 Å². The van der Waals surface area contributed by atoms with Gasteiger partial charge in [-0.1, -0.05) is 13.5 Å². The highest BCUT2D eigenvalue weighted by atomic mass is 16.3. The highest BCUT2D eigenvalue weighted by Crippen LogP contribution is 2.27. The molecule has 2 N–H and O–H groups in total. The molecule has 0 aliphatic heterocycles. The van der Waals surface area contributed by atoms with E-state index in [1.165, 1.54) is 0 Å². The van der Waals surface area contributed by atoms with Crippen LogP contribution >= 0.6 is 0 Å². The molecular weight excluding hydrogens is 128 g/mol. The van der Waals surface area contributed by atoms with Crippen molar-refractivity contribution in [2.45, 2.75) is 32.0 Å². The largest absolute Gasteiger partial charge is 0.393 e. The second-order valence-electron chi connectivity index (χ2n) is 3.17. The molecule has 58 valence electrons. The first-order valence-corrected chi connectivity index (χ1v) is 3.65. The minimum absolute atomic E-state index is 0.163. The molecule has 0 aromatic rings. The highest BCUT2D eigenvalue weighted by Gasteiger charge is 2.27. The lowest BCUT2D eigenvalue weighted by Gasteiger charge is -2.29. The third kappa shape index (κ3) is 1.39. The van der Waals surface area contributed by atoms with Crippen molar-refractivity contribution < 1.29 is 10.2 Å². The maximum absolute atomic E-state index is 9.35. The van der Waals surface area contributed by atoms with Crippen molar-refractivity contribution in [1.29, 1.82) is 0 Å². The van der Waals surface area contributed by atoms with E-state index < -0.39 is 6.10 Å². The van der Waals surface area contributed by atoms with Crippen LogP contribution in [0, 0.1) is 5.92 Å². The molecule has 3 atom stereocenters. The summed E-state index contributed by atoms with van der Waals surface area (Å²) < 4.78 is 0. The Hall–Kier alpha value is -0.340. The van der Waals surface area contributed by atoms with Crippen LogP contribution in [-0.2, 0) is 0 Å². The maximum atomic E-state index is 9.35. The molecule has 1 aliphatic rings. The summed E-state index contributed by atoms with van der Waals surface area (Å²) in [6.45, 7) is 5.61. The van der Waals surface area contributed by atoms with E-state index in [0.717, 1.165) is 5.57 Å². The Morgan fingerprint density at radius 1 is 1.50 bits per heavy atom. The molecule has 2 heteroatoms. The van der Waals surface area contributed by atoms with Crippen LogP contribution in [0.4, 0.5) is 0 Å². The fourth-order valence-corrected chi connectivity index (χ4v) is 1.47. The van der Waals surface area contributed by atoms with Crippen molar-refractivity contribution in [3.05, 3.63) is 12.2 Å². The summed E-state index contributed by atoms with van der Waals surface area (Å²) in [6.07, 6.45) is 0.570. The second kappa shape index (κ2) is 2.72. The lowest BCUT2D eigenvalue weighted by atomic mass is 9.83. The average molecular weight is 142 g/mol. The summed E-state index contributed by atoms with van der Waals surface area (Å²) in [5.74, 6) is 0.163. The van der Waals surface area contributed by atoms with Crippen LogP contribution in [-0.4, -0.2) is 22.4 Å². The van der Waals surface area contributed by atoms with Crippen molar-refractivity contribution in [3.63, 3.8) is 0 Å². The standard InChI is InChI=1S/C8H14O2/c1-5-3-7(9)4-6(2)8(5)10/h6-10H,1,3-4H2,2H3/t6-,7+,8-/m1/s1. The number of hydrogen-bond acceptors (Lipinski definition) is 2. The molecule has 1 fully saturated rings. The molecule has 0 aromatic heterocycles. The molecule has 0 saturated heterocycles. The number of rotatable bonds is 0. The van der Waals surface area contributed by atoms with Crippen LogP contribution in [0.25, 0.3) is 0 Å². The fraction of sp³-hybridized carbons (Fsp3) is 0.750. The van der Waals surface area contributed by atoms with Gasteiger partial charge >= 0.3 is 0 Å². The van der Waals surface area contributed by atoms with Crippen molar-refractivity contribution in [1.82, 2.24) is 0 Å². The first kappa shape index (κ1) is 7.76. The third-order valence-electron chi connectivity index (χ3n) is 2.10. The van der Waals surface area contributed by atoms with E-state index >= 15 is 0 Å². The predicted molar refractivity (Wildman–Crippen MR) is 39.6 cm³/mol. The van der Waals surface area contributed by atoms with E-state index in [9.17, 15) is 10.2 Å². The second-order valence-corrected chi connectivity index (χ2v) is 3.17. The van der Waals surface area contributed by atoms with Gasteiger partial charge in [0.2, 0.25) is 0 Å². The third-order valence-corrected chi connectivity index (χ3v) is 2.10. The Balaban J connectivity index is 2.57. The van der Waals surface area contributed by atoms with Crippen LogP contribution in [0.5, 0.6) is 0 Å². The predicted octanol–water partition coefficient (Wildman–Crippen LogP) is 0.694. The molecule has 0 heterocycles. The molecule has 1 aliphatic carbocycles. The summed E-state index contributed by atoms with van der Waals surface area (Å²) in [6, 6.07) is 0. The van der Waals surface area contributed by atoms with E-state index in [4.69, 9.17) is 0 Å². The van der Waals surface area contributed by atoms with Crippen LogP contribution < -0.4 is 0 Å². The summed E-state index contributed by atoms with van der Waals surface area (Å²) >= 11 is 0. The zero-order valence-corrected chi connectivity index (χ0v) is 6.25. The number of aliphatic hydroxyl groups is 2. The summed E-state index contributed by atoms with van der Waals surface area (Å²) in [7, 11) is 0.